The molecule has 2 unspecified atom stereocenters. The monoisotopic (exact) mass is 280 g/mol. The van der Waals surface area contributed by atoms with Gasteiger partial charge in [-0.1, -0.05) is 31.5 Å². The highest BCUT2D eigenvalue weighted by atomic mass is 35.5. The maximum atomic E-state index is 6.04. The Kier molecular flexibility index (Phi) is 4.88. The fourth-order valence-electron chi connectivity index (χ4n) is 3.13. The lowest BCUT2D eigenvalue weighted by atomic mass is 9.95. The first-order chi connectivity index (χ1) is 9.02. The van der Waals surface area contributed by atoms with Crippen LogP contribution in [0.5, 0.6) is 0 Å². The van der Waals surface area contributed by atoms with Crippen LogP contribution in [0.2, 0.25) is 5.02 Å². The van der Waals surface area contributed by atoms with Crippen LogP contribution in [0.1, 0.15) is 37.4 Å². The van der Waals surface area contributed by atoms with Gasteiger partial charge in [0.05, 0.1) is 0 Å². The van der Waals surface area contributed by atoms with Crippen molar-refractivity contribution in [1.29, 1.82) is 0 Å². The van der Waals surface area contributed by atoms with Crippen LogP contribution in [-0.2, 0) is 0 Å². The Morgan fingerprint density at radius 2 is 2.16 bits per heavy atom. The SMILES string of the molecule is Cc1cc(Cl)ccc1C(CN)N1CCC(C(C)C)C1. The predicted molar refractivity (Wildman–Crippen MR) is 82.5 cm³/mol. The summed E-state index contributed by atoms with van der Waals surface area (Å²) >= 11 is 6.04. The molecular formula is C16H25ClN2. The molecule has 1 aromatic carbocycles. The lowest BCUT2D eigenvalue weighted by molar-refractivity contribution is 0.231. The van der Waals surface area contributed by atoms with Gasteiger partial charge in [0.15, 0.2) is 0 Å². The molecule has 2 N–H and O–H groups in total. The Balaban J connectivity index is 2.16. The molecule has 1 fully saturated rings. The third-order valence-electron chi connectivity index (χ3n) is 4.45. The molecule has 106 valence electrons. The molecule has 1 saturated heterocycles. The summed E-state index contributed by atoms with van der Waals surface area (Å²) in [5.41, 5.74) is 8.61. The van der Waals surface area contributed by atoms with E-state index >= 15 is 0 Å². The minimum atomic E-state index is 0.334. The van der Waals surface area contributed by atoms with E-state index in [1.54, 1.807) is 0 Å². The van der Waals surface area contributed by atoms with Crippen LogP contribution in [0.3, 0.4) is 0 Å². The van der Waals surface area contributed by atoms with Crippen LogP contribution in [-0.4, -0.2) is 24.5 Å². The van der Waals surface area contributed by atoms with E-state index in [2.05, 4.69) is 31.7 Å². The van der Waals surface area contributed by atoms with E-state index in [0.29, 0.717) is 12.6 Å². The number of hydrogen-bond donors (Lipinski definition) is 1. The molecule has 1 aliphatic rings. The van der Waals surface area contributed by atoms with Crippen molar-refractivity contribution in [2.24, 2.45) is 17.6 Å². The standard InChI is InChI=1S/C16H25ClN2/c1-11(2)13-6-7-19(10-13)16(9-18)15-5-4-14(17)8-12(15)3/h4-5,8,11,13,16H,6-7,9-10,18H2,1-3H3. The van der Waals surface area contributed by atoms with E-state index in [1.165, 1.54) is 24.1 Å². The molecule has 0 amide bonds. The molecule has 0 saturated carbocycles. The molecule has 2 atom stereocenters. The van der Waals surface area contributed by atoms with Gasteiger partial charge >= 0.3 is 0 Å². The third-order valence-corrected chi connectivity index (χ3v) is 4.69. The van der Waals surface area contributed by atoms with Crippen molar-refractivity contribution in [3.63, 3.8) is 0 Å². The van der Waals surface area contributed by atoms with Crippen molar-refractivity contribution in [2.45, 2.75) is 33.2 Å². The first-order valence-electron chi connectivity index (χ1n) is 7.23. The molecule has 0 radical (unpaired) electrons. The van der Waals surface area contributed by atoms with Crippen LogP contribution in [0.25, 0.3) is 0 Å². The molecule has 0 spiro atoms. The average molecular weight is 281 g/mol. The number of nitrogens with two attached hydrogens (primary N) is 1. The second-order valence-electron chi connectivity index (χ2n) is 6.04. The van der Waals surface area contributed by atoms with Crippen molar-refractivity contribution >= 4 is 11.6 Å². The smallest absolute Gasteiger partial charge is 0.0473 e. The summed E-state index contributed by atoms with van der Waals surface area (Å²) in [7, 11) is 0. The second kappa shape index (κ2) is 6.25. The topological polar surface area (TPSA) is 29.3 Å². The predicted octanol–water partition coefficient (Wildman–Crippen LogP) is 3.63. The van der Waals surface area contributed by atoms with E-state index in [0.717, 1.165) is 23.4 Å². The zero-order valence-electron chi connectivity index (χ0n) is 12.2. The van der Waals surface area contributed by atoms with Gasteiger partial charge in [-0.05, 0) is 55.0 Å². The Labute approximate surface area is 121 Å². The zero-order chi connectivity index (χ0) is 14.0. The molecule has 1 aromatic rings. The summed E-state index contributed by atoms with van der Waals surface area (Å²) in [5, 5.41) is 0.804. The summed E-state index contributed by atoms with van der Waals surface area (Å²) < 4.78 is 0. The maximum absolute atomic E-state index is 6.04. The van der Waals surface area contributed by atoms with Crippen LogP contribution < -0.4 is 5.73 Å². The summed E-state index contributed by atoms with van der Waals surface area (Å²) in [6.45, 7) is 9.76. The first kappa shape index (κ1) is 14.8. The van der Waals surface area contributed by atoms with Crippen LogP contribution in [0, 0.1) is 18.8 Å². The molecule has 2 rings (SSSR count). The Bertz CT molecular complexity index is 431. The fourth-order valence-corrected chi connectivity index (χ4v) is 3.36. The molecule has 2 nitrogen and oxygen atoms in total. The number of likely N-dealkylation sites (tertiary alicyclic amines) is 1. The third kappa shape index (κ3) is 3.31. The summed E-state index contributed by atoms with van der Waals surface area (Å²) in [6.07, 6.45) is 1.29. The maximum Gasteiger partial charge on any atom is 0.0473 e. The van der Waals surface area contributed by atoms with Gasteiger partial charge in [0.2, 0.25) is 0 Å². The molecule has 19 heavy (non-hydrogen) atoms. The minimum Gasteiger partial charge on any atom is -0.329 e. The molecule has 1 heterocycles. The molecule has 1 aliphatic heterocycles. The highest BCUT2D eigenvalue weighted by Gasteiger charge is 2.30. The first-order valence-corrected chi connectivity index (χ1v) is 7.61. The van der Waals surface area contributed by atoms with Crippen LogP contribution >= 0.6 is 11.6 Å². The zero-order valence-corrected chi connectivity index (χ0v) is 13.0. The van der Waals surface area contributed by atoms with Gasteiger partial charge < -0.3 is 5.73 Å². The van der Waals surface area contributed by atoms with Gasteiger partial charge in [0.1, 0.15) is 0 Å². The summed E-state index contributed by atoms with van der Waals surface area (Å²) in [4.78, 5) is 2.54. The molecule has 0 aliphatic carbocycles. The average Bonchev–Trinajstić information content (AvgIpc) is 2.82. The van der Waals surface area contributed by atoms with E-state index in [-0.39, 0.29) is 0 Å². The van der Waals surface area contributed by atoms with Crippen LogP contribution in [0.15, 0.2) is 18.2 Å². The Morgan fingerprint density at radius 3 is 2.68 bits per heavy atom. The van der Waals surface area contributed by atoms with Crippen molar-refractivity contribution in [1.82, 2.24) is 4.90 Å². The Morgan fingerprint density at radius 1 is 1.42 bits per heavy atom. The molecular weight excluding hydrogens is 256 g/mol. The van der Waals surface area contributed by atoms with Gasteiger partial charge in [-0.2, -0.15) is 0 Å². The second-order valence-corrected chi connectivity index (χ2v) is 6.48. The summed E-state index contributed by atoms with van der Waals surface area (Å²) in [6, 6.07) is 6.48. The van der Waals surface area contributed by atoms with Gasteiger partial charge in [-0.25, -0.2) is 0 Å². The molecule has 0 aromatic heterocycles. The largest absolute Gasteiger partial charge is 0.329 e. The van der Waals surface area contributed by atoms with Crippen molar-refractivity contribution in [3.8, 4) is 0 Å². The van der Waals surface area contributed by atoms with Gasteiger partial charge in [-0.15, -0.1) is 0 Å². The lowest BCUT2D eigenvalue weighted by Crippen LogP contribution is -2.33. The van der Waals surface area contributed by atoms with E-state index < -0.39 is 0 Å². The number of hydrogen-bond acceptors (Lipinski definition) is 2. The van der Waals surface area contributed by atoms with Gasteiger partial charge in [0.25, 0.3) is 0 Å². The lowest BCUT2D eigenvalue weighted by Gasteiger charge is -2.29. The van der Waals surface area contributed by atoms with Crippen molar-refractivity contribution < 1.29 is 0 Å². The van der Waals surface area contributed by atoms with E-state index in [9.17, 15) is 0 Å². The number of rotatable bonds is 4. The fraction of sp³-hybridized carbons (Fsp3) is 0.625. The van der Waals surface area contributed by atoms with Crippen molar-refractivity contribution in [2.75, 3.05) is 19.6 Å². The number of nitrogens with zero attached hydrogens (tertiary/aromatic N) is 1. The number of benzene rings is 1. The summed E-state index contributed by atoms with van der Waals surface area (Å²) in [5.74, 6) is 1.57. The van der Waals surface area contributed by atoms with Gasteiger partial charge in [-0.3, -0.25) is 4.90 Å². The quantitative estimate of drug-likeness (QED) is 0.913. The van der Waals surface area contributed by atoms with Gasteiger partial charge in [0, 0.05) is 24.2 Å². The normalized spacial score (nSPS) is 22.1. The Hall–Kier alpha value is -0.570. The van der Waals surface area contributed by atoms with Crippen LogP contribution in [0.4, 0.5) is 0 Å². The highest BCUT2D eigenvalue weighted by molar-refractivity contribution is 6.30. The minimum absolute atomic E-state index is 0.334. The number of aryl methyl sites for hydroxylation is 1. The van der Waals surface area contributed by atoms with E-state index in [4.69, 9.17) is 17.3 Å². The molecule has 0 bridgehead atoms. The van der Waals surface area contributed by atoms with E-state index in [1.807, 2.05) is 12.1 Å². The van der Waals surface area contributed by atoms with Crippen molar-refractivity contribution in [3.05, 3.63) is 34.3 Å². The number of halogens is 1. The highest BCUT2D eigenvalue weighted by Crippen LogP contribution is 2.32. The molecule has 3 heteroatoms.